The summed E-state index contributed by atoms with van der Waals surface area (Å²) in [7, 11) is 0. The van der Waals surface area contributed by atoms with Gasteiger partial charge >= 0.3 is 0 Å². The van der Waals surface area contributed by atoms with Gasteiger partial charge in [-0.15, -0.1) is 12.4 Å². The van der Waals surface area contributed by atoms with Crippen LogP contribution < -0.4 is 5.32 Å². The van der Waals surface area contributed by atoms with Crippen LogP contribution in [-0.2, 0) is 6.54 Å². The normalized spacial score (nSPS) is 9.73. The monoisotopic (exact) mass is 340 g/mol. The minimum Gasteiger partial charge on any atom is -0.381 e. The number of halogens is 2. The molecule has 0 spiro atoms. The second kappa shape index (κ2) is 7.77. The van der Waals surface area contributed by atoms with Gasteiger partial charge in [-0.05, 0) is 42.3 Å². The number of hydrogen-bond acceptors (Lipinski definition) is 4. The molecule has 22 heavy (non-hydrogen) atoms. The number of nitrogens with zero attached hydrogens (tertiary/aromatic N) is 1. The fourth-order valence-electron chi connectivity index (χ4n) is 1.87. The van der Waals surface area contributed by atoms with Gasteiger partial charge in [0.15, 0.2) is 0 Å². The van der Waals surface area contributed by atoms with Crippen molar-refractivity contribution in [1.29, 1.82) is 0 Å². The highest BCUT2D eigenvalue weighted by molar-refractivity contribution is 6.67. The van der Waals surface area contributed by atoms with Crippen molar-refractivity contribution < 1.29 is 9.72 Å². The summed E-state index contributed by atoms with van der Waals surface area (Å²) in [6.07, 6.45) is 0. The molecule has 0 heterocycles. The number of carbonyl (C=O) groups excluding carboxylic acids is 1. The molecule has 2 aromatic rings. The molecule has 1 N–H and O–H groups in total. The first-order chi connectivity index (χ1) is 9.97. The SMILES string of the molecule is Cc1ccc(NCc2ccc(C(=O)Cl)cc2)cc1[N+](=O)[O-].Cl. The van der Waals surface area contributed by atoms with Crippen LogP contribution in [-0.4, -0.2) is 10.2 Å². The number of aryl methyl sites for hydroxylation is 1. The van der Waals surface area contributed by atoms with Gasteiger partial charge in [0.2, 0.25) is 0 Å². The molecule has 0 saturated carbocycles. The Balaban J connectivity index is 0.00000242. The Morgan fingerprint density at radius 1 is 1.23 bits per heavy atom. The molecular formula is C15H14Cl2N2O3. The molecule has 0 unspecified atom stereocenters. The van der Waals surface area contributed by atoms with E-state index in [2.05, 4.69) is 5.32 Å². The highest BCUT2D eigenvalue weighted by Gasteiger charge is 2.10. The predicted octanol–water partition coefficient (Wildman–Crippen LogP) is 4.32. The Kier molecular flexibility index (Phi) is 6.34. The summed E-state index contributed by atoms with van der Waals surface area (Å²) in [5, 5.41) is 13.5. The molecule has 2 aromatic carbocycles. The maximum atomic E-state index is 11.0. The fraction of sp³-hybridized carbons (Fsp3) is 0.133. The first kappa shape index (κ1) is 17.9. The van der Waals surface area contributed by atoms with Crippen LogP contribution in [0.1, 0.15) is 21.5 Å². The van der Waals surface area contributed by atoms with Crippen LogP contribution >= 0.6 is 24.0 Å². The largest absolute Gasteiger partial charge is 0.381 e. The van der Waals surface area contributed by atoms with Crippen molar-refractivity contribution in [3.05, 3.63) is 69.3 Å². The quantitative estimate of drug-likeness (QED) is 0.499. The predicted molar refractivity (Wildman–Crippen MR) is 89.0 cm³/mol. The molecular weight excluding hydrogens is 327 g/mol. The average molecular weight is 341 g/mol. The van der Waals surface area contributed by atoms with Gasteiger partial charge in [-0.25, -0.2) is 0 Å². The highest BCUT2D eigenvalue weighted by atomic mass is 35.5. The van der Waals surface area contributed by atoms with E-state index in [1.54, 1.807) is 43.3 Å². The first-order valence-corrected chi connectivity index (χ1v) is 6.63. The molecule has 0 bridgehead atoms. The number of anilines is 1. The maximum absolute atomic E-state index is 11.0. The summed E-state index contributed by atoms with van der Waals surface area (Å²) in [4.78, 5) is 21.4. The number of hydrogen-bond donors (Lipinski definition) is 1. The minimum absolute atomic E-state index is 0. The van der Waals surface area contributed by atoms with Crippen LogP contribution in [0.5, 0.6) is 0 Å². The summed E-state index contributed by atoms with van der Waals surface area (Å²) in [6, 6.07) is 11.9. The van der Waals surface area contributed by atoms with Gasteiger partial charge in [-0.2, -0.15) is 0 Å². The van der Waals surface area contributed by atoms with E-state index in [1.807, 2.05) is 0 Å². The highest BCUT2D eigenvalue weighted by Crippen LogP contribution is 2.22. The van der Waals surface area contributed by atoms with Crippen molar-refractivity contribution in [2.75, 3.05) is 5.32 Å². The second-order valence-corrected chi connectivity index (χ2v) is 4.93. The summed E-state index contributed by atoms with van der Waals surface area (Å²) < 4.78 is 0. The number of nitro groups is 1. The molecule has 0 fully saturated rings. The van der Waals surface area contributed by atoms with Crippen LogP contribution in [0.4, 0.5) is 11.4 Å². The zero-order chi connectivity index (χ0) is 15.4. The van der Waals surface area contributed by atoms with Gasteiger partial charge in [0.1, 0.15) is 0 Å². The third-order valence-electron chi connectivity index (χ3n) is 3.08. The summed E-state index contributed by atoms with van der Waals surface area (Å²) in [6.45, 7) is 2.20. The van der Waals surface area contributed by atoms with Crippen LogP contribution in [0.15, 0.2) is 42.5 Å². The van der Waals surface area contributed by atoms with Gasteiger partial charge in [-0.1, -0.05) is 18.2 Å². The number of rotatable bonds is 5. The van der Waals surface area contributed by atoms with Crippen molar-refractivity contribution in [1.82, 2.24) is 0 Å². The average Bonchev–Trinajstić information content (AvgIpc) is 2.46. The third-order valence-corrected chi connectivity index (χ3v) is 3.30. The van der Waals surface area contributed by atoms with Gasteiger partial charge in [-0.3, -0.25) is 14.9 Å². The van der Waals surface area contributed by atoms with Crippen LogP contribution in [0.3, 0.4) is 0 Å². The zero-order valence-corrected chi connectivity index (χ0v) is 13.3. The van der Waals surface area contributed by atoms with E-state index in [0.29, 0.717) is 23.4 Å². The standard InChI is InChI=1S/C15H13ClN2O3.ClH/c1-10-2-7-13(8-14(10)18(20)21)17-9-11-3-5-12(6-4-11)15(16)19;/h2-8,17H,9H2,1H3;1H. The first-order valence-electron chi connectivity index (χ1n) is 6.25. The van der Waals surface area contributed by atoms with E-state index in [0.717, 1.165) is 5.56 Å². The molecule has 0 amide bonds. The Labute approximate surface area is 138 Å². The fourth-order valence-corrected chi connectivity index (χ4v) is 2.00. The minimum atomic E-state index is -0.497. The van der Waals surface area contributed by atoms with Crippen molar-refractivity contribution in [3.8, 4) is 0 Å². The third kappa shape index (κ3) is 4.44. The van der Waals surface area contributed by atoms with E-state index in [1.165, 1.54) is 6.07 Å². The molecule has 0 radical (unpaired) electrons. The Morgan fingerprint density at radius 2 is 1.86 bits per heavy atom. The number of nitrogens with one attached hydrogen (secondary N) is 1. The summed E-state index contributed by atoms with van der Waals surface area (Å²) in [5.41, 5.74) is 2.76. The Morgan fingerprint density at radius 3 is 2.41 bits per heavy atom. The molecule has 116 valence electrons. The Hall–Kier alpha value is -2.11. The molecule has 5 nitrogen and oxygen atoms in total. The zero-order valence-electron chi connectivity index (χ0n) is 11.7. The number of benzene rings is 2. The van der Waals surface area contributed by atoms with Gasteiger partial charge in [0.05, 0.1) is 4.92 Å². The van der Waals surface area contributed by atoms with E-state index in [-0.39, 0.29) is 18.1 Å². The maximum Gasteiger partial charge on any atom is 0.274 e. The lowest BCUT2D eigenvalue weighted by Gasteiger charge is -2.07. The van der Waals surface area contributed by atoms with Gasteiger partial charge in [0.25, 0.3) is 10.9 Å². The van der Waals surface area contributed by atoms with Crippen molar-refractivity contribution in [2.24, 2.45) is 0 Å². The number of nitro benzene ring substituents is 1. The topological polar surface area (TPSA) is 72.2 Å². The van der Waals surface area contributed by atoms with Crippen molar-refractivity contribution in [2.45, 2.75) is 13.5 Å². The van der Waals surface area contributed by atoms with Crippen LogP contribution in [0.25, 0.3) is 0 Å². The van der Waals surface area contributed by atoms with Crippen LogP contribution in [0.2, 0.25) is 0 Å². The van der Waals surface area contributed by atoms with Crippen LogP contribution in [0, 0.1) is 17.0 Å². The van der Waals surface area contributed by atoms with Gasteiger partial charge < -0.3 is 5.32 Å². The van der Waals surface area contributed by atoms with Crippen molar-refractivity contribution >= 4 is 40.6 Å². The van der Waals surface area contributed by atoms with E-state index in [9.17, 15) is 14.9 Å². The summed E-state index contributed by atoms with van der Waals surface area (Å²) >= 11 is 5.37. The molecule has 0 aromatic heterocycles. The van der Waals surface area contributed by atoms with E-state index < -0.39 is 10.2 Å². The lowest BCUT2D eigenvalue weighted by atomic mass is 10.1. The molecule has 0 aliphatic heterocycles. The molecule has 0 saturated heterocycles. The smallest absolute Gasteiger partial charge is 0.274 e. The lowest BCUT2D eigenvalue weighted by Crippen LogP contribution is -2.01. The Bertz CT molecular complexity index is 688. The van der Waals surface area contributed by atoms with E-state index >= 15 is 0 Å². The lowest BCUT2D eigenvalue weighted by molar-refractivity contribution is -0.385. The molecule has 7 heteroatoms. The second-order valence-electron chi connectivity index (χ2n) is 4.58. The molecule has 0 aliphatic carbocycles. The summed E-state index contributed by atoms with van der Waals surface area (Å²) in [5.74, 6) is 0. The van der Waals surface area contributed by atoms with E-state index in [4.69, 9.17) is 11.6 Å². The molecule has 0 aliphatic rings. The van der Waals surface area contributed by atoms with Crippen molar-refractivity contribution in [3.63, 3.8) is 0 Å². The molecule has 2 rings (SSSR count). The van der Waals surface area contributed by atoms with Gasteiger partial charge in [0, 0.05) is 29.4 Å². The number of carbonyl (C=O) groups is 1. The molecule has 0 atom stereocenters.